The minimum atomic E-state index is -2.87. The third kappa shape index (κ3) is 8.84. The average Bonchev–Trinajstić information content (AvgIpc) is 4.04. The van der Waals surface area contributed by atoms with Crippen molar-refractivity contribution in [1.82, 2.24) is 19.5 Å². The van der Waals surface area contributed by atoms with Gasteiger partial charge in [0.05, 0.1) is 16.7 Å². The van der Waals surface area contributed by atoms with E-state index in [0.29, 0.717) is 17.5 Å². The van der Waals surface area contributed by atoms with Crippen molar-refractivity contribution < 1.29 is 0 Å². The monoisotopic (exact) mass is 1020 g/mol. The zero-order valence-electron chi connectivity index (χ0n) is 44.2. The van der Waals surface area contributed by atoms with Crippen LogP contribution in [0.25, 0.3) is 95.0 Å². The molecule has 0 amide bonds. The Hall–Kier alpha value is -9.55. The van der Waals surface area contributed by atoms with Crippen LogP contribution in [0.3, 0.4) is 0 Å². The fraction of sp³-hybridized carbons (Fsp3) is 0.0548. The molecule has 0 unspecified atom stereocenters. The SMILES string of the molecule is Cc1cc(C)cc(-c2ccc3c4ccc(-c5cc(C)cc(C)c5)cc4n(-c4cc(-c5cccc([Si](c6ccccc6)(c6ccccc6)c6ccccc6)c5)ccc4-c4nc(-c5ccccc5)nc(-c5ccccc5)n4)c3c2)c1. The van der Waals surface area contributed by atoms with E-state index in [1.165, 1.54) is 64.9 Å². The van der Waals surface area contributed by atoms with E-state index >= 15 is 0 Å². The van der Waals surface area contributed by atoms with Crippen LogP contribution in [0.5, 0.6) is 0 Å². The highest BCUT2D eigenvalue weighted by Gasteiger charge is 2.41. The molecule has 0 spiro atoms. The molecule has 0 atom stereocenters. The van der Waals surface area contributed by atoms with E-state index in [0.717, 1.165) is 55.7 Å². The summed E-state index contributed by atoms with van der Waals surface area (Å²) in [5, 5.41) is 7.63. The summed E-state index contributed by atoms with van der Waals surface area (Å²) in [6.45, 7) is 8.73. The van der Waals surface area contributed by atoms with Gasteiger partial charge in [0, 0.05) is 27.5 Å². The maximum Gasteiger partial charge on any atom is 0.179 e. The molecule has 372 valence electrons. The lowest BCUT2D eigenvalue weighted by Crippen LogP contribution is -2.74. The Morgan fingerprint density at radius 1 is 0.269 bits per heavy atom. The molecule has 13 rings (SSSR count). The molecule has 2 heterocycles. The Kier molecular flexibility index (Phi) is 12.5. The Morgan fingerprint density at radius 3 is 1.08 bits per heavy atom. The maximum atomic E-state index is 5.42. The van der Waals surface area contributed by atoms with Gasteiger partial charge in [0.2, 0.25) is 0 Å². The summed E-state index contributed by atoms with van der Waals surface area (Å²) in [5.41, 5.74) is 17.7. The van der Waals surface area contributed by atoms with Gasteiger partial charge in [-0.25, -0.2) is 15.0 Å². The van der Waals surface area contributed by atoms with Crippen LogP contribution in [0.1, 0.15) is 22.3 Å². The van der Waals surface area contributed by atoms with E-state index in [4.69, 9.17) is 15.0 Å². The minimum Gasteiger partial charge on any atom is -0.308 e. The zero-order chi connectivity index (χ0) is 52.7. The van der Waals surface area contributed by atoms with Crippen molar-refractivity contribution >= 4 is 50.6 Å². The van der Waals surface area contributed by atoms with E-state index < -0.39 is 8.07 Å². The highest BCUT2D eigenvalue weighted by Crippen LogP contribution is 2.41. The first-order valence-electron chi connectivity index (χ1n) is 26.8. The van der Waals surface area contributed by atoms with E-state index in [1.54, 1.807) is 0 Å². The molecular formula is C73H56N4Si. The maximum absolute atomic E-state index is 5.42. The lowest BCUT2D eigenvalue weighted by molar-refractivity contribution is 1.06. The molecule has 2 aromatic heterocycles. The number of hydrogen-bond donors (Lipinski definition) is 0. The van der Waals surface area contributed by atoms with Crippen LogP contribution in [0.15, 0.2) is 267 Å². The van der Waals surface area contributed by atoms with Crippen molar-refractivity contribution in [3.05, 3.63) is 289 Å². The summed E-state index contributed by atoms with van der Waals surface area (Å²) >= 11 is 0. The van der Waals surface area contributed by atoms with Gasteiger partial charge in [0.15, 0.2) is 25.5 Å². The van der Waals surface area contributed by atoms with Crippen molar-refractivity contribution in [1.29, 1.82) is 0 Å². The Morgan fingerprint density at radius 2 is 0.628 bits per heavy atom. The topological polar surface area (TPSA) is 43.6 Å². The third-order valence-electron chi connectivity index (χ3n) is 15.3. The largest absolute Gasteiger partial charge is 0.308 e. The second-order valence-corrected chi connectivity index (χ2v) is 24.6. The second kappa shape index (κ2) is 20.2. The number of aromatic nitrogens is 4. The smallest absolute Gasteiger partial charge is 0.179 e. The predicted molar refractivity (Wildman–Crippen MR) is 329 cm³/mol. The molecule has 0 aliphatic carbocycles. The highest BCUT2D eigenvalue weighted by atomic mass is 28.3. The number of rotatable bonds is 11. The first-order valence-corrected chi connectivity index (χ1v) is 28.8. The van der Waals surface area contributed by atoms with Crippen LogP contribution < -0.4 is 20.7 Å². The molecule has 0 N–H and O–H groups in total. The lowest BCUT2D eigenvalue weighted by atomic mass is 9.98. The Labute approximate surface area is 457 Å². The fourth-order valence-corrected chi connectivity index (χ4v) is 16.7. The van der Waals surface area contributed by atoms with Crippen LogP contribution in [0, 0.1) is 27.7 Å². The zero-order valence-corrected chi connectivity index (χ0v) is 45.2. The van der Waals surface area contributed by atoms with Gasteiger partial charge in [-0.3, -0.25) is 0 Å². The molecule has 0 aliphatic heterocycles. The van der Waals surface area contributed by atoms with Gasteiger partial charge in [-0.1, -0.05) is 265 Å². The van der Waals surface area contributed by atoms with Gasteiger partial charge in [0.25, 0.3) is 0 Å². The number of nitrogens with zero attached hydrogens (tertiary/aromatic N) is 4. The van der Waals surface area contributed by atoms with E-state index in [2.05, 4.69) is 263 Å². The molecule has 13 aromatic rings. The first kappa shape index (κ1) is 48.1. The van der Waals surface area contributed by atoms with Gasteiger partial charge in [-0.15, -0.1) is 0 Å². The summed E-state index contributed by atoms with van der Waals surface area (Å²) in [6, 6.07) is 97.9. The lowest BCUT2D eigenvalue weighted by Gasteiger charge is -2.34. The quantitative estimate of drug-likeness (QED) is 0.0958. The van der Waals surface area contributed by atoms with E-state index in [9.17, 15) is 0 Å². The van der Waals surface area contributed by atoms with Crippen molar-refractivity contribution in [3.8, 4) is 73.2 Å². The van der Waals surface area contributed by atoms with Crippen molar-refractivity contribution in [2.24, 2.45) is 0 Å². The Bertz CT molecular complexity index is 4040. The average molecular weight is 1020 g/mol. The fourth-order valence-electron chi connectivity index (χ4n) is 11.9. The molecule has 5 heteroatoms. The number of aryl methyl sites for hydroxylation is 4. The van der Waals surface area contributed by atoms with Gasteiger partial charge in [0.1, 0.15) is 0 Å². The summed E-state index contributed by atoms with van der Waals surface area (Å²) in [4.78, 5) is 16.0. The number of fused-ring (bicyclic) bond motifs is 3. The highest BCUT2D eigenvalue weighted by molar-refractivity contribution is 7.19. The van der Waals surface area contributed by atoms with Crippen LogP contribution in [-0.2, 0) is 0 Å². The van der Waals surface area contributed by atoms with Gasteiger partial charge < -0.3 is 4.57 Å². The van der Waals surface area contributed by atoms with Crippen LogP contribution in [0.2, 0.25) is 0 Å². The standard InChI is InChI=1S/C73H56N4Si/c1-49-39-50(2)42-59(41-49)57-33-36-65-66-37-34-58(60-43-51(3)40-52(4)44-60)48-69(66)77(68(65)47-57)70-46-56(35-38-67(70)73-75-71(53-21-10-5-11-22-53)74-72(76-73)54-23-12-6-13-24-54)55-25-20-32-64(45-55)78(61-26-14-7-15-27-61,62-28-16-8-17-29-62)63-30-18-9-19-31-63/h5-48H,1-4H3. The van der Waals surface area contributed by atoms with Crippen molar-refractivity contribution in [2.75, 3.05) is 0 Å². The van der Waals surface area contributed by atoms with Gasteiger partial charge >= 0.3 is 0 Å². The summed E-state index contributed by atoms with van der Waals surface area (Å²) < 4.78 is 2.48. The molecule has 0 bridgehead atoms. The summed E-state index contributed by atoms with van der Waals surface area (Å²) in [6.07, 6.45) is 0. The minimum absolute atomic E-state index is 0.590. The van der Waals surface area contributed by atoms with Gasteiger partial charge in [-0.05, 0) is 106 Å². The summed E-state index contributed by atoms with van der Waals surface area (Å²) in [5.74, 6) is 1.82. The molecule has 78 heavy (non-hydrogen) atoms. The molecule has 0 aliphatic rings. The predicted octanol–water partition coefficient (Wildman–Crippen LogP) is 15.6. The van der Waals surface area contributed by atoms with Gasteiger partial charge in [-0.2, -0.15) is 0 Å². The second-order valence-electron chi connectivity index (χ2n) is 20.8. The molecule has 0 saturated carbocycles. The molecule has 0 radical (unpaired) electrons. The van der Waals surface area contributed by atoms with Crippen LogP contribution in [0.4, 0.5) is 0 Å². The molecule has 4 nitrogen and oxygen atoms in total. The number of hydrogen-bond acceptors (Lipinski definition) is 3. The molecule has 11 aromatic carbocycles. The molecule has 0 saturated heterocycles. The van der Waals surface area contributed by atoms with E-state index in [1.807, 2.05) is 36.4 Å². The number of benzene rings is 11. The van der Waals surface area contributed by atoms with Crippen LogP contribution >= 0.6 is 0 Å². The Balaban J connectivity index is 1.12. The third-order valence-corrected chi connectivity index (χ3v) is 20.1. The normalized spacial score (nSPS) is 11.6. The summed E-state index contributed by atoms with van der Waals surface area (Å²) in [7, 11) is -2.87. The molecular weight excluding hydrogens is 961 g/mol. The molecule has 0 fully saturated rings. The van der Waals surface area contributed by atoms with Crippen molar-refractivity contribution in [3.63, 3.8) is 0 Å². The van der Waals surface area contributed by atoms with E-state index in [-0.39, 0.29) is 0 Å². The van der Waals surface area contributed by atoms with Crippen LogP contribution in [-0.4, -0.2) is 27.6 Å². The first-order chi connectivity index (χ1) is 38.3. The van der Waals surface area contributed by atoms with Crippen molar-refractivity contribution in [2.45, 2.75) is 27.7 Å².